The Bertz CT molecular complexity index is 1110. The highest BCUT2D eigenvalue weighted by molar-refractivity contribution is 7.99. The van der Waals surface area contributed by atoms with Crippen molar-refractivity contribution < 1.29 is 14.0 Å². The number of nitrogens with one attached hydrogen (secondary N) is 1. The number of anilines is 2. The van der Waals surface area contributed by atoms with Crippen LogP contribution in [0.3, 0.4) is 0 Å². The Morgan fingerprint density at radius 1 is 1.06 bits per heavy atom. The van der Waals surface area contributed by atoms with Crippen molar-refractivity contribution in [3.8, 4) is 0 Å². The van der Waals surface area contributed by atoms with E-state index in [0.717, 1.165) is 52.1 Å². The quantitative estimate of drug-likeness (QED) is 0.319. The lowest BCUT2D eigenvalue weighted by molar-refractivity contribution is -0.116. The fraction of sp³-hybridized carbons (Fsp3) is 0.280. The van der Waals surface area contributed by atoms with E-state index in [1.165, 1.54) is 12.1 Å². The highest BCUT2D eigenvalue weighted by Gasteiger charge is 2.30. The average Bonchev–Trinajstić information content (AvgIpc) is 3.05. The molecule has 31 heavy (non-hydrogen) atoms. The van der Waals surface area contributed by atoms with E-state index < -0.39 is 0 Å². The van der Waals surface area contributed by atoms with Crippen LogP contribution in [0.2, 0.25) is 0 Å². The van der Waals surface area contributed by atoms with Gasteiger partial charge in [-0.15, -0.1) is 11.8 Å². The van der Waals surface area contributed by atoms with Crippen molar-refractivity contribution in [2.45, 2.75) is 37.5 Å². The number of carbonyl (C=O) groups is 2. The van der Waals surface area contributed by atoms with Crippen LogP contribution in [0.1, 0.15) is 43.0 Å². The number of amides is 2. The topological polar surface area (TPSA) is 49.4 Å². The summed E-state index contributed by atoms with van der Waals surface area (Å²) in [5.41, 5.74) is 2.37. The second-order valence-corrected chi connectivity index (χ2v) is 8.79. The molecule has 4 rings (SSSR count). The van der Waals surface area contributed by atoms with E-state index in [-0.39, 0.29) is 17.6 Å². The summed E-state index contributed by atoms with van der Waals surface area (Å²) in [5, 5.41) is 4.84. The van der Waals surface area contributed by atoms with Crippen LogP contribution in [0.4, 0.5) is 15.8 Å². The standard InChI is InChI=1S/C25H25FN2O2S/c1-2-3-15-28-22-14-13-21(19-6-4-7-20(24(19)22)25(28)30)27-23(29)8-5-16-31-18-11-9-17(26)10-12-18/h4,6-7,9-14H,2-3,5,8,15-16H2,1H3,(H,27,29). The normalized spacial score (nSPS) is 12.6. The minimum atomic E-state index is -0.246. The maximum Gasteiger partial charge on any atom is 0.258 e. The maximum absolute atomic E-state index is 13.0. The summed E-state index contributed by atoms with van der Waals surface area (Å²) in [6, 6.07) is 15.9. The van der Waals surface area contributed by atoms with E-state index in [1.807, 2.05) is 35.2 Å². The second kappa shape index (κ2) is 9.52. The van der Waals surface area contributed by atoms with Crippen LogP contribution in [0.25, 0.3) is 10.8 Å². The Morgan fingerprint density at radius 2 is 1.87 bits per heavy atom. The van der Waals surface area contributed by atoms with E-state index >= 15 is 0 Å². The fourth-order valence-electron chi connectivity index (χ4n) is 3.86. The Balaban J connectivity index is 1.41. The molecule has 0 unspecified atom stereocenters. The molecule has 0 fully saturated rings. The number of halogens is 1. The molecule has 3 aromatic carbocycles. The molecular formula is C25H25FN2O2S. The number of benzene rings is 3. The van der Waals surface area contributed by atoms with Gasteiger partial charge in [-0.2, -0.15) is 0 Å². The van der Waals surface area contributed by atoms with Gasteiger partial charge in [0.15, 0.2) is 0 Å². The molecule has 0 radical (unpaired) electrons. The van der Waals surface area contributed by atoms with Crippen molar-refractivity contribution in [1.29, 1.82) is 0 Å². The molecule has 3 aromatic rings. The number of nitrogens with zero attached hydrogens (tertiary/aromatic N) is 1. The number of thioether (sulfide) groups is 1. The molecule has 0 aliphatic carbocycles. The monoisotopic (exact) mass is 436 g/mol. The Hall–Kier alpha value is -2.86. The van der Waals surface area contributed by atoms with Gasteiger partial charge >= 0.3 is 0 Å². The predicted octanol–water partition coefficient (Wildman–Crippen LogP) is 6.25. The molecule has 0 spiro atoms. The van der Waals surface area contributed by atoms with Gasteiger partial charge < -0.3 is 10.2 Å². The van der Waals surface area contributed by atoms with Crippen molar-refractivity contribution in [2.75, 3.05) is 22.5 Å². The number of rotatable bonds is 9. The molecule has 0 bridgehead atoms. The highest BCUT2D eigenvalue weighted by atomic mass is 32.2. The van der Waals surface area contributed by atoms with Crippen LogP contribution in [-0.4, -0.2) is 24.1 Å². The van der Waals surface area contributed by atoms with E-state index in [4.69, 9.17) is 0 Å². The zero-order valence-corrected chi connectivity index (χ0v) is 18.3. The lowest BCUT2D eigenvalue weighted by Crippen LogP contribution is -2.27. The highest BCUT2D eigenvalue weighted by Crippen LogP contribution is 2.40. The number of hydrogen-bond acceptors (Lipinski definition) is 3. The van der Waals surface area contributed by atoms with Crippen molar-refractivity contribution in [1.82, 2.24) is 0 Å². The van der Waals surface area contributed by atoms with Crippen LogP contribution in [0.5, 0.6) is 0 Å². The lowest BCUT2D eigenvalue weighted by Gasteiger charge is -2.17. The molecule has 0 aromatic heterocycles. The predicted molar refractivity (Wildman–Crippen MR) is 126 cm³/mol. The Kier molecular flexibility index (Phi) is 6.56. The molecule has 1 aliphatic rings. The minimum absolute atomic E-state index is 0.0374. The number of hydrogen-bond donors (Lipinski definition) is 1. The molecule has 0 saturated heterocycles. The van der Waals surface area contributed by atoms with Crippen LogP contribution in [0, 0.1) is 5.82 Å². The first kappa shape index (κ1) is 21.4. The van der Waals surface area contributed by atoms with Gasteiger partial charge in [-0.25, -0.2) is 4.39 Å². The first-order valence-electron chi connectivity index (χ1n) is 10.6. The summed E-state index contributed by atoms with van der Waals surface area (Å²) in [5.74, 6) is 0.524. The summed E-state index contributed by atoms with van der Waals surface area (Å²) in [4.78, 5) is 28.2. The number of unbranched alkanes of at least 4 members (excludes halogenated alkanes) is 1. The average molecular weight is 437 g/mol. The zero-order chi connectivity index (χ0) is 21.8. The smallest absolute Gasteiger partial charge is 0.258 e. The fourth-order valence-corrected chi connectivity index (χ4v) is 4.71. The third-order valence-electron chi connectivity index (χ3n) is 5.42. The first-order valence-corrected chi connectivity index (χ1v) is 11.6. The van der Waals surface area contributed by atoms with E-state index in [9.17, 15) is 14.0 Å². The summed E-state index contributed by atoms with van der Waals surface area (Å²) in [6.45, 7) is 2.82. The van der Waals surface area contributed by atoms with Crippen LogP contribution < -0.4 is 10.2 Å². The van der Waals surface area contributed by atoms with Crippen molar-refractivity contribution in [3.63, 3.8) is 0 Å². The van der Waals surface area contributed by atoms with Gasteiger partial charge in [0, 0.05) is 39.9 Å². The third kappa shape index (κ3) is 4.59. The minimum Gasteiger partial charge on any atom is -0.326 e. The Labute approximate surface area is 185 Å². The van der Waals surface area contributed by atoms with Gasteiger partial charge in [-0.3, -0.25) is 9.59 Å². The lowest BCUT2D eigenvalue weighted by atomic mass is 10.0. The van der Waals surface area contributed by atoms with Gasteiger partial charge in [0.1, 0.15) is 5.82 Å². The van der Waals surface area contributed by atoms with Gasteiger partial charge in [0.05, 0.1) is 5.69 Å². The molecule has 4 nitrogen and oxygen atoms in total. The summed E-state index contributed by atoms with van der Waals surface area (Å²) < 4.78 is 13.0. The SMILES string of the molecule is CCCCN1C(=O)c2cccc3c(NC(=O)CCCSc4ccc(F)cc4)ccc1c23. The van der Waals surface area contributed by atoms with Gasteiger partial charge in [0.25, 0.3) is 5.91 Å². The van der Waals surface area contributed by atoms with Gasteiger partial charge in [-0.05, 0) is 61.1 Å². The van der Waals surface area contributed by atoms with Gasteiger partial charge in [-0.1, -0.05) is 25.5 Å². The van der Waals surface area contributed by atoms with Crippen LogP contribution in [0.15, 0.2) is 59.5 Å². The molecule has 1 heterocycles. The Morgan fingerprint density at radius 3 is 2.65 bits per heavy atom. The molecule has 0 atom stereocenters. The maximum atomic E-state index is 13.0. The molecule has 6 heteroatoms. The first-order chi connectivity index (χ1) is 15.1. The van der Waals surface area contributed by atoms with E-state index in [0.29, 0.717) is 18.5 Å². The summed E-state index contributed by atoms with van der Waals surface area (Å²) in [6.07, 6.45) is 3.10. The largest absolute Gasteiger partial charge is 0.326 e. The molecular weight excluding hydrogens is 411 g/mol. The number of carbonyl (C=O) groups excluding carboxylic acids is 2. The van der Waals surface area contributed by atoms with E-state index in [2.05, 4.69) is 12.2 Å². The third-order valence-corrected chi connectivity index (χ3v) is 6.52. The zero-order valence-electron chi connectivity index (χ0n) is 17.5. The molecule has 160 valence electrons. The molecule has 0 saturated carbocycles. The van der Waals surface area contributed by atoms with Crippen molar-refractivity contribution >= 4 is 45.7 Å². The van der Waals surface area contributed by atoms with E-state index in [1.54, 1.807) is 23.9 Å². The van der Waals surface area contributed by atoms with Gasteiger partial charge in [0.2, 0.25) is 5.91 Å². The molecule has 2 amide bonds. The summed E-state index contributed by atoms with van der Waals surface area (Å²) in [7, 11) is 0. The van der Waals surface area contributed by atoms with Crippen molar-refractivity contribution in [3.05, 3.63) is 66.0 Å². The summed E-state index contributed by atoms with van der Waals surface area (Å²) >= 11 is 1.61. The van der Waals surface area contributed by atoms with Crippen LogP contribution >= 0.6 is 11.8 Å². The molecule has 1 aliphatic heterocycles. The second-order valence-electron chi connectivity index (χ2n) is 7.62. The molecule has 1 N–H and O–H groups in total. The van der Waals surface area contributed by atoms with Crippen molar-refractivity contribution in [2.24, 2.45) is 0 Å². The van der Waals surface area contributed by atoms with Crippen LogP contribution in [-0.2, 0) is 4.79 Å².